The molecule has 0 radical (unpaired) electrons. The molecule has 12 heavy (non-hydrogen) atoms. The minimum atomic E-state index is -0.380. The first kappa shape index (κ1) is 9.32. The van der Waals surface area contributed by atoms with Gasteiger partial charge in [-0.1, -0.05) is 0 Å². The third kappa shape index (κ3) is 1.88. The molecule has 1 heterocycles. The molecule has 1 rings (SSSR count). The Morgan fingerprint density at radius 3 is 2.75 bits per heavy atom. The Labute approximate surface area is 72.4 Å². The van der Waals surface area contributed by atoms with Gasteiger partial charge in [0.25, 0.3) is 0 Å². The van der Waals surface area contributed by atoms with Crippen LogP contribution in [0.1, 0.15) is 27.2 Å². The summed E-state index contributed by atoms with van der Waals surface area (Å²) >= 11 is 0. The summed E-state index contributed by atoms with van der Waals surface area (Å²) in [5.74, 6) is 0. The first-order chi connectivity index (χ1) is 5.65. The molecule has 1 fully saturated rings. The number of nitrogens with zero attached hydrogens (tertiary/aromatic N) is 1. The smallest absolute Gasteiger partial charge is 0.434 e. The number of ether oxygens (including phenoxy) is 1. The van der Waals surface area contributed by atoms with E-state index in [9.17, 15) is 4.79 Å². The average molecular weight is 173 g/mol. The maximum Gasteiger partial charge on any atom is 0.434 e. The molecule has 0 aromatic rings. The topological polar surface area (TPSA) is 38.8 Å². The molecule has 0 spiro atoms. The normalized spacial score (nSPS) is 29.1. The lowest BCUT2D eigenvalue weighted by atomic mass is 10.2. The van der Waals surface area contributed by atoms with Crippen LogP contribution < -0.4 is 0 Å². The predicted molar refractivity (Wildman–Crippen MR) is 43.5 cm³/mol. The van der Waals surface area contributed by atoms with E-state index in [1.807, 2.05) is 13.8 Å². The zero-order chi connectivity index (χ0) is 9.14. The Balaban J connectivity index is 2.46. The molecule has 4 heteroatoms. The molecule has 0 bridgehead atoms. The molecular formula is C8H15NO3. The van der Waals surface area contributed by atoms with Crippen LogP contribution in [0.25, 0.3) is 0 Å². The quantitative estimate of drug-likeness (QED) is 0.604. The van der Waals surface area contributed by atoms with Gasteiger partial charge in [-0.2, -0.15) is 5.06 Å². The first-order valence-electron chi connectivity index (χ1n) is 4.28. The van der Waals surface area contributed by atoms with Gasteiger partial charge in [0.2, 0.25) is 0 Å². The van der Waals surface area contributed by atoms with E-state index in [1.54, 1.807) is 6.92 Å². The molecule has 1 amide bonds. The average Bonchev–Trinajstić information content (AvgIpc) is 2.30. The van der Waals surface area contributed by atoms with E-state index in [2.05, 4.69) is 0 Å². The van der Waals surface area contributed by atoms with Gasteiger partial charge in [0.05, 0.1) is 18.8 Å². The maximum absolute atomic E-state index is 11.2. The predicted octanol–water partition coefficient (Wildman–Crippen LogP) is 1.56. The monoisotopic (exact) mass is 173 g/mol. The zero-order valence-corrected chi connectivity index (χ0v) is 7.74. The molecule has 1 aliphatic rings. The second-order valence-electron chi connectivity index (χ2n) is 3.03. The van der Waals surface area contributed by atoms with E-state index >= 15 is 0 Å². The number of rotatable bonds is 1. The largest absolute Gasteiger partial charge is 0.448 e. The number of carbonyl (C=O) groups excluding carboxylic acids is 1. The fourth-order valence-electron chi connectivity index (χ4n) is 1.33. The van der Waals surface area contributed by atoms with Crippen LogP contribution in [0.15, 0.2) is 0 Å². The molecule has 70 valence electrons. The highest BCUT2D eigenvalue weighted by atomic mass is 16.7. The van der Waals surface area contributed by atoms with Crippen LogP contribution in [0.5, 0.6) is 0 Å². The number of hydrogen-bond donors (Lipinski definition) is 0. The van der Waals surface area contributed by atoms with E-state index in [0.717, 1.165) is 6.42 Å². The van der Waals surface area contributed by atoms with Crippen molar-refractivity contribution in [1.82, 2.24) is 5.06 Å². The van der Waals surface area contributed by atoms with Gasteiger partial charge < -0.3 is 4.74 Å². The molecular weight excluding hydrogens is 158 g/mol. The van der Waals surface area contributed by atoms with Crippen molar-refractivity contribution >= 4 is 6.09 Å². The van der Waals surface area contributed by atoms with Crippen LogP contribution >= 0.6 is 0 Å². The summed E-state index contributed by atoms with van der Waals surface area (Å²) in [7, 11) is 0. The zero-order valence-electron chi connectivity index (χ0n) is 7.74. The molecule has 0 N–H and O–H groups in total. The maximum atomic E-state index is 11.2. The summed E-state index contributed by atoms with van der Waals surface area (Å²) in [4.78, 5) is 16.4. The third-order valence-electron chi connectivity index (χ3n) is 1.81. The number of carbonyl (C=O) groups is 1. The van der Waals surface area contributed by atoms with Crippen LogP contribution in [0.2, 0.25) is 0 Å². The highest BCUT2D eigenvalue weighted by Gasteiger charge is 2.32. The van der Waals surface area contributed by atoms with Crippen LogP contribution in [0, 0.1) is 0 Å². The second kappa shape index (κ2) is 3.76. The van der Waals surface area contributed by atoms with E-state index in [-0.39, 0.29) is 18.2 Å². The van der Waals surface area contributed by atoms with Crippen LogP contribution in [-0.2, 0) is 9.57 Å². The molecule has 0 aromatic carbocycles. The van der Waals surface area contributed by atoms with Gasteiger partial charge in [0, 0.05) is 0 Å². The lowest BCUT2D eigenvalue weighted by molar-refractivity contribution is -0.132. The van der Waals surface area contributed by atoms with Crippen molar-refractivity contribution in [2.24, 2.45) is 0 Å². The Morgan fingerprint density at radius 2 is 2.33 bits per heavy atom. The molecule has 1 aliphatic heterocycles. The van der Waals surface area contributed by atoms with E-state index in [1.165, 1.54) is 5.06 Å². The lowest BCUT2D eigenvalue weighted by Gasteiger charge is -2.18. The van der Waals surface area contributed by atoms with Gasteiger partial charge in [-0.25, -0.2) is 4.79 Å². The first-order valence-corrected chi connectivity index (χ1v) is 4.28. The van der Waals surface area contributed by atoms with Crippen molar-refractivity contribution in [3.63, 3.8) is 0 Å². The summed E-state index contributed by atoms with van der Waals surface area (Å²) in [6.07, 6.45) is 0.609. The summed E-state index contributed by atoms with van der Waals surface area (Å²) in [6.45, 7) is 6.05. The fraction of sp³-hybridized carbons (Fsp3) is 0.875. The van der Waals surface area contributed by atoms with E-state index in [0.29, 0.717) is 6.61 Å². The molecule has 0 aliphatic carbocycles. The number of amides is 1. The molecule has 4 nitrogen and oxygen atoms in total. The summed E-state index contributed by atoms with van der Waals surface area (Å²) < 4.78 is 4.81. The van der Waals surface area contributed by atoms with Crippen molar-refractivity contribution in [3.8, 4) is 0 Å². The van der Waals surface area contributed by atoms with Crippen LogP contribution in [0.3, 0.4) is 0 Å². The highest BCUT2D eigenvalue weighted by molar-refractivity contribution is 5.66. The standard InChI is InChI=1S/C8H15NO3/c1-4-11-8(10)9-6(2)5-7(3)12-9/h6-7H,4-5H2,1-3H3. The van der Waals surface area contributed by atoms with Crippen molar-refractivity contribution in [2.45, 2.75) is 39.3 Å². The molecule has 1 saturated heterocycles. The van der Waals surface area contributed by atoms with Crippen LogP contribution in [0.4, 0.5) is 4.79 Å². The molecule has 0 aromatic heterocycles. The number of hydrogen-bond acceptors (Lipinski definition) is 3. The van der Waals surface area contributed by atoms with Crippen molar-refractivity contribution in [3.05, 3.63) is 0 Å². The third-order valence-corrected chi connectivity index (χ3v) is 1.81. The van der Waals surface area contributed by atoms with Crippen molar-refractivity contribution < 1.29 is 14.4 Å². The van der Waals surface area contributed by atoms with E-state index in [4.69, 9.17) is 9.57 Å². The van der Waals surface area contributed by atoms with Crippen molar-refractivity contribution in [1.29, 1.82) is 0 Å². The van der Waals surface area contributed by atoms with Gasteiger partial charge in [0.1, 0.15) is 0 Å². The van der Waals surface area contributed by atoms with E-state index < -0.39 is 0 Å². The summed E-state index contributed by atoms with van der Waals surface area (Å²) in [5.41, 5.74) is 0. The Bertz CT molecular complexity index is 172. The van der Waals surface area contributed by atoms with Gasteiger partial charge in [-0.3, -0.25) is 4.84 Å². The molecule has 2 unspecified atom stereocenters. The minimum absolute atomic E-state index is 0.115. The minimum Gasteiger partial charge on any atom is -0.448 e. The van der Waals surface area contributed by atoms with Gasteiger partial charge in [-0.15, -0.1) is 0 Å². The van der Waals surface area contributed by atoms with Gasteiger partial charge in [-0.05, 0) is 27.2 Å². The second-order valence-corrected chi connectivity index (χ2v) is 3.03. The summed E-state index contributed by atoms with van der Waals surface area (Å²) in [6, 6.07) is 0.124. The van der Waals surface area contributed by atoms with Gasteiger partial charge >= 0.3 is 6.09 Å². The van der Waals surface area contributed by atoms with Crippen LogP contribution in [-0.4, -0.2) is 29.9 Å². The molecule has 0 saturated carbocycles. The lowest BCUT2D eigenvalue weighted by Crippen LogP contribution is -2.33. The Hall–Kier alpha value is -0.770. The summed E-state index contributed by atoms with van der Waals surface area (Å²) in [5, 5.41) is 1.31. The van der Waals surface area contributed by atoms with Gasteiger partial charge in [0.15, 0.2) is 0 Å². The van der Waals surface area contributed by atoms with Crippen molar-refractivity contribution in [2.75, 3.05) is 6.61 Å². The highest BCUT2D eigenvalue weighted by Crippen LogP contribution is 2.20. The molecule has 2 atom stereocenters. The Morgan fingerprint density at radius 1 is 1.67 bits per heavy atom. The fourth-order valence-corrected chi connectivity index (χ4v) is 1.33. The SMILES string of the molecule is CCOC(=O)N1OC(C)CC1C. The Kier molecular flexibility index (Phi) is 2.92. The number of hydroxylamine groups is 2.